The van der Waals surface area contributed by atoms with E-state index in [4.69, 9.17) is 5.11 Å². The minimum Gasteiger partial charge on any atom is -0.504 e. The largest absolute Gasteiger partial charge is 0.504 e. The van der Waals surface area contributed by atoms with E-state index in [0.717, 1.165) is 0 Å². The van der Waals surface area contributed by atoms with Crippen molar-refractivity contribution >= 4 is 0 Å². The predicted octanol–water partition coefficient (Wildman–Crippen LogP) is 0.869. The molecule has 1 aromatic heterocycles. The van der Waals surface area contributed by atoms with Crippen molar-refractivity contribution in [3.8, 4) is 28.5 Å². The first-order chi connectivity index (χ1) is 8.04. The molecule has 0 aliphatic rings. The maximum Gasteiger partial charge on any atom is 0.298 e. The molecule has 1 aromatic carbocycles. The van der Waals surface area contributed by atoms with Crippen molar-refractivity contribution in [1.29, 1.82) is 0 Å². The highest BCUT2D eigenvalue weighted by molar-refractivity contribution is 5.73. The maximum atomic E-state index is 11.6. The van der Waals surface area contributed by atoms with Crippen LogP contribution in [0, 0.1) is 0 Å². The first kappa shape index (κ1) is 10.9. The number of hydrogen-bond acceptors (Lipinski definition) is 5. The van der Waals surface area contributed by atoms with Crippen LogP contribution < -0.4 is 5.56 Å². The molecule has 0 unspecified atom stereocenters. The lowest BCUT2D eigenvalue weighted by Gasteiger charge is -2.09. The molecular weight excluding hydrogens is 226 g/mol. The van der Waals surface area contributed by atoms with Gasteiger partial charge in [0.2, 0.25) is 5.75 Å². The van der Waals surface area contributed by atoms with Gasteiger partial charge in [0.15, 0.2) is 5.75 Å². The Morgan fingerprint density at radius 1 is 0.941 bits per heavy atom. The van der Waals surface area contributed by atoms with Crippen molar-refractivity contribution in [3.05, 3.63) is 40.7 Å². The summed E-state index contributed by atoms with van der Waals surface area (Å²) in [4.78, 5) is 11.6. The lowest BCUT2D eigenvalue weighted by molar-refractivity contribution is 0.137. The Kier molecular flexibility index (Phi) is 2.40. The van der Waals surface area contributed by atoms with Gasteiger partial charge in [-0.2, -0.15) is 0 Å². The van der Waals surface area contributed by atoms with Crippen LogP contribution in [0.3, 0.4) is 0 Å². The molecule has 0 saturated heterocycles. The summed E-state index contributed by atoms with van der Waals surface area (Å²) in [6.07, 6.45) is 0. The summed E-state index contributed by atoms with van der Waals surface area (Å²) in [6, 6.07) is 8.00. The number of nitrogens with zero attached hydrogens (tertiary/aromatic N) is 1. The zero-order valence-corrected chi connectivity index (χ0v) is 8.53. The van der Waals surface area contributed by atoms with E-state index >= 15 is 0 Å². The molecule has 6 heteroatoms. The van der Waals surface area contributed by atoms with Crippen LogP contribution in [0.5, 0.6) is 17.4 Å². The van der Waals surface area contributed by atoms with Gasteiger partial charge in [-0.25, -0.2) is 0 Å². The second-order valence-electron chi connectivity index (χ2n) is 3.38. The third-order valence-electron chi connectivity index (χ3n) is 2.34. The summed E-state index contributed by atoms with van der Waals surface area (Å²) in [6.45, 7) is 0. The molecule has 0 spiro atoms. The number of pyridine rings is 1. The van der Waals surface area contributed by atoms with Crippen LogP contribution in [0.2, 0.25) is 0 Å². The van der Waals surface area contributed by atoms with Gasteiger partial charge in [-0.1, -0.05) is 30.3 Å². The molecule has 0 atom stereocenters. The van der Waals surface area contributed by atoms with E-state index < -0.39 is 22.9 Å². The Hall–Kier alpha value is -2.63. The van der Waals surface area contributed by atoms with Crippen LogP contribution in [0.25, 0.3) is 11.1 Å². The van der Waals surface area contributed by atoms with E-state index in [1.54, 1.807) is 18.2 Å². The molecule has 1 heterocycles. The van der Waals surface area contributed by atoms with Gasteiger partial charge >= 0.3 is 0 Å². The highest BCUT2D eigenvalue weighted by Crippen LogP contribution is 2.38. The van der Waals surface area contributed by atoms with Crippen molar-refractivity contribution in [1.82, 2.24) is 4.73 Å². The summed E-state index contributed by atoms with van der Waals surface area (Å²) in [7, 11) is 0. The normalized spacial score (nSPS) is 10.4. The van der Waals surface area contributed by atoms with Gasteiger partial charge in [0.1, 0.15) is 0 Å². The smallest absolute Gasteiger partial charge is 0.298 e. The van der Waals surface area contributed by atoms with Crippen LogP contribution in [0.1, 0.15) is 0 Å². The molecule has 4 N–H and O–H groups in total. The molecule has 0 amide bonds. The van der Waals surface area contributed by atoms with Crippen LogP contribution >= 0.6 is 0 Å². The Morgan fingerprint density at radius 3 is 2.12 bits per heavy atom. The van der Waals surface area contributed by atoms with Crippen LogP contribution in [-0.4, -0.2) is 25.3 Å². The molecule has 0 radical (unpaired) electrons. The zero-order valence-electron chi connectivity index (χ0n) is 8.53. The van der Waals surface area contributed by atoms with E-state index in [1.165, 1.54) is 12.1 Å². The predicted molar refractivity (Wildman–Crippen MR) is 58.3 cm³/mol. The summed E-state index contributed by atoms with van der Waals surface area (Å²) in [5.74, 6) is -2.83. The first-order valence-corrected chi connectivity index (χ1v) is 4.68. The van der Waals surface area contributed by atoms with Gasteiger partial charge < -0.3 is 20.5 Å². The van der Waals surface area contributed by atoms with Gasteiger partial charge in [-0.15, -0.1) is 4.73 Å². The van der Waals surface area contributed by atoms with Crippen molar-refractivity contribution < 1.29 is 20.5 Å². The average Bonchev–Trinajstić information content (AvgIpc) is 2.36. The quantitative estimate of drug-likeness (QED) is 0.549. The van der Waals surface area contributed by atoms with Crippen LogP contribution in [0.15, 0.2) is 35.1 Å². The molecule has 0 fully saturated rings. The summed E-state index contributed by atoms with van der Waals surface area (Å²) in [5.41, 5.74) is -1.000. The van der Waals surface area contributed by atoms with E-state index in [0.29, 0.717) is 5.56 Å². The zero-order chi connectivity index (χ0) is 12.6. The van der Waals surface area contributed by atoms with Crippen molar-refractivity contribution in [3.63, 3.8) is 0 Å². The third kappa shape index (κ3) is 1.55. The number of aromatic nitrogens is 1. The topological polar surface area (TPSA) is 103 Å². The summed E-state index contributed by atoms with van der Waals surface area (Å²) < 4.78 is -0.128. The van der Waals surface area contributed by atoms with E-state index in [-0.39, 0.29) is 10.3 Å². The van der Waals surface area contributed by atoms with E-state index in [9.17, 15) is 20.2 Å². The Bertz CT molecular complexity index is 618. The second kappa shape index (κ2) is 3.75. The standard InChI is InChI=1S/C11H9NO5/c13-8-7(6-4-2-1-3-5-6)10(15)12(17)11(16)9(8)14/h1-5,13-14,16-17H. The summed E-state index contributed by atoms with van der Waals surface area (Å²) in [5, 5.41) is 37.3. The molecule has 6 nitrogen and oxygen atoms in total. The fraction of sp³-hybridized carbons (Fsp3) is 0. The van der Waals surface area contributed by atoms with Crippen molar-refractivity contribution in [2.45, 2.75) is 0 Å². The summed E-state index contributed by atoms with van der Waals surface area (Å²) >= 11 is 0. The fourth-order valence-corrected chi connectivity index (χ4v) is 1.49. The van der Waals surface area contributed by atoms with Crippen LogP contribution in [0.4, 0.5) is 0 Å². The molecule has 0 aliphatic heterocycles. The molecular formula is C11H9NO5. The maximum absolute atomic E-state index is 11.6. The Balaban J connectivity index is 2.85. The lowest BCUT2D eigenvalue weighted by atomic mass is 10.1. The SMILES string of the molecule is O=c1c(-c2ccccc2)c(O)c(O)c(O)n1O. The van der Waals surface area contributed by atoms with Gasteiger partial charge in [0.05, 0.1) is 5.56 Å². The Morgan fingerprint density at radius 2 is 1.53 bits per heavy atom. The lowest BCUT2D eigenvalue weighted by Crippen LogP contribution is -2.19. The Labute approximate surface area is 95.2 Å². The van der Waals surface area contributed by atoms with E-state index in [1.807, 2.05) is 0 Å². The molecule has 2 rings (SSSR count). The number of hydrogen-bond donors (Lipinski definition) is 4. The van der Waals surface area contributed by atoms with Gasteiger partial charge in [-0.05, 0) is 5.56 Å². The third-order valence-corrected chi connectivity index (χ3v) is 2.34. The second-order valence-corrected chi connectivity index (χ2v) is 3.38. The minimum absolute atomic E-state index is 0.128. The fourth-order valence-electron chi connectivity index (χ4n) is 1.49. The first-order valence-electron chi connectivity index (χ1n) is 4.68. The molecule has 0 aliphatic carbocycles. The van der Waals surface area contributed by atoms with Crippen molar-refractivity contribution in [2.75, 3.05) is 0 Å². The number of benzene rings is 1. The van der Waals surface area contributed by atoms with Crippen molar-refractivity contribution in [2.24, 2.45) is 0 Å². The highest BCUT2D eigenvalue weighted by Gasteiger charge is 2.21. The van der Waals surface area contributed by atoms with Gasteiger partial charge in [-0.3, -0.25) is 4.79 Å². The van der Waals surface area contributed by atoms with E-state index in [2.05, 4.69) is 0 Å². The average molecular weight is 235 g/mol. The van der Waals surface area contributed by atoms with Gasteiger partial charge in [0, 0.05) is 0 Å². The number of rotatable bonds is 1. The molecule has 2 aromatic rings. The molecule has 0 saturated carbocycles. The highest BCUT2D eigenvalue weighted by atomic mass is 16.5. The van der Waals surface area contributed by atoms with Crippen LogP contribution in [-0.2, 0) is 0 Å². The molecule has 0 bridgehead atoms. The number of aromatic hydroxyl groups is 3. The molecule has 17 heavy (non-hydrogen) atoms. The molecule has 88 valence electrons. The van der Waals surface area contributed by atoms with Gasteiger partial charge in [0.25, 0.3) is 11.4 Å². The minimum atomic E-state index is -1.10. The monoisotopic (exact) mass is 235 g/mol.